The van der Waals surface area contributed by atoms with Crippen LogP contribution in [-0.4, -0.2) is 17.0 Å². The molecule has 1 N–H and O–H groups in total. The number of Topliss-reactive ketones (excluding diaryl/α,β-unsaturated/α-hetero) is 1. The lowest BCUT2D eigenvalue weighted by Gasteiger charge is -2.02. The van der Waals surface area contributed by atoms with E-state index in [1.807, 2.05) is 13.8 Å². The van der Waals surface area contributed by atoms with E-state index in [4.69, 9.17) is 5.11 Å². The zero-order chi connectivity index (χ0) is 8.69. The SMILES string of the molecule is C/C=C/C(O)CC(=O)CCC. The number of carbonyl (C=O) groups excluding carboxylic acids is 1. The minimum Gasteiger partial charge on any atom is -0.389 e. The van der Waals surface area contributed by atoms with Crippen molar-refractivity contribution in [2.24, 2.45) is 0 Å². The van der Waals surface area contributed by atoms with Crippen LogP contribution in [0.25, 0.3) is 0 Å². The van der Waals surface area contributed by atoms with Crippen molar-refractivity contribution in [2.75, 3.05) is 0 Å². The van der Waals surface area contributed by atoms with E-state index in [2.05, 4.69) is 0 Å². The predicted octanol–water partition coefficient (Wildman–Crippen LogP) is 1.68. The quantitative estimate of drug-likeness (QED) is 0.615. The minimum atomic E-state index is -0.584. The molecule has 0 aromatic carbocycles. The summed E-state index contributed by atoms with van der Waals surface area (Å²) in [6.45, 7) is 3.79. The second kappa shape index (κ2) is 6.10. The van der Waals surface area contributed by atoms with Crippen LogP contribution in [0.3, 0.4) is 0 Å². The molecule has 0 saturated carbocycles. The number of aliphatic hydroxyl groups excluding tert-OH is 1. The summed E-state index contributed by atoms with van der Waals surface area (Å²) in [5.74, 6) is 0.137. The van der Waals surface area contributed by atoms with Gasteiger partial charge in [0.25, 0.3) is 0 Å². The maximum atomic E-state index is 10.9. The van der Waals surface area contributed by atoms with Crippen molar-refractivity contribution in [1.29, 1.82) is 0 Å². The molecule has 0 bridgehead atoms. The summed E-state index contributed by atoms with van der Waals surface area (Å²) in [7, 11) is 0. The van der Waals surface area contributed by atoms with Crippen molar-refractivity contribution in [3.8, 4) is 0 Å². The molecule has 2 nitrogen and oxygen atoms in total. The standard InChI is InChI=1S/C9H16O2/c1-3-5-8(10)7-9(11)6-4-2/h3,5,8,10H,4,6-7H2,1-2H3/b5-3+. The first kappa shape index (κ1) is 10.4. The first-order valence-electron chi connectivity index (χ1n) is 4.03. The molecule has 0 spiro atoms. The molecule has 64 valence electrons. The Balaban J connectivity index is 3.57. The van der Waals surface area contributed by atoms with Crippen LogP contribution in [0.1, 0.15) is 33.1 Å². The number of allylic oxidation sites excluding steroid dienone is 1. The zero-order valence-electron chi connectivity index (χ0n) is 7.21. The molecule has 0 amide bonds. The van der Waals surface area contributed by atoms with E-state index in [1.54, 1.807) is 12.2 Å². The minimum absolute atomic E-state index is 0.137. The summed E-state index contributed by atoms with van der Waals surface area (Å²) in [5, 5.41) is 9.14. The first-order valence-corrected chi connectivity index (χ1v) is 4.03. The normalized spacial score (nSPS) is 13.7. The molecular weight excluding hydrogens is 140 g/mol. The van der Waals surface area contributed by atoms with E-state index in [9.17, 15) is 4.79 Å². The molecule has 1 atom stereocenters. The molecule has 0 fully saturated rings. The molecular formula is C9H16O2. The Hall–Kier alpha value is -0.630. The highest BCUT2D eigenvalue weighted by molar-refractivity contribution is 5.78. The maximum Gasteiger partial charge on any atom is 0.135 e. The zero-order valence-corrected chi connectivity index (χ0v) is 7.21. The Bertz CT molecular complexity index is 138. The van der Waals surface area contributed by atoms with Gasteiger partial charge in [0.15, 0.2) is 0 Å². The largest absolute Gasteiger partial charge is 0.389 e. The summed E-state index contributed by atoms with van der Waals surface area (Å²) in [6.07, 6.45) is 4.50. The summed E-state index contributed by atoms with van der Waals surface area (Å²) in [6, 6.07) is 0. The molecule has 0 saturated heterocycles. The average molecular weight is 156 g/mol. The van der Waals surface area contributed by atoms with Gasteiger partial charge < -0.3 is 5.11 Å². The van der Waals surface area contributed by atoms with Crippen molar-refractivity contribution in [3.63, 3.8) is 0 Å². The van der Waals surface area contributed by atoms with Crippen molar-refractivity contribution >= 4 is 5.78 Å². The van der Waals surface area contributed by atoms with E-state index in [1.165, 1.54) is 0 Å². The fraction of sp³-hybridized carbons (Fsp3) is 0.667. The van der Waals surface area contributed by atoms with Crippen molar-refractivity contribution < 1.29 is 9.90 Å². The van der Waals surface area contributed by atoms with Gasteiger partial charge in [-0.2, -0.15) is 0 Å². The Morgan fingerprint density at radius 2 is 2.27 bits per heavy atom. The van der Waals surface area contributed by atoms with Crippen molar-refractivity contribution in [2.45, 2.75) is 39.2 Å². The van der Waals surface area contributed by atoms with Crippen LogP contribution in [0, 0.1) is 0 Å². The maximum absolute atomic E-state index is 10.9. The molecule has 0 aliphatic rings. The van der Waals surface area contributed by atoms with E-state index in [0.717, 1.165) is 6.42 Å². The van der Waals surface area contributed by atoms with E-state index >= 15 is 0 Å². The Kier molecular flexibility index (Phi) is 5.75. The fourth-order valence-corrected chi connectivity index (χ4v) is 0.904. The second-order valence-corrected chi connectivity index (χ2v) is 2.59. The summed E-state index contributed by atoms with van der Waals surface area (Å²) in [5.41, 5.74) is 0. The van der Waals surface area contributed by atoms with Crippen molar-refractivity contribution in [3.05, 3.63) is 12.2 Å². The highest BCUT2D eigenvalue weighted by atomic mass is 16.3. The third kappa shape index (κ3) is 5.80. The predicted molar refractivity (Wildman–Crippen MR) is 45.4 cm³/mol. The van der Waals surface area contributed by atoms with Crippen LogP contribution in [0.15, 0.2) is 12.2 Å². The monoisotopic (exact) mass is 156 g/mol. The van der Waals surface area contributed by atoms with Crippen LogP contribution < -0.4 is 0 Å². The molecule has 0 aromatic rings. The number of rotatable bonds is 5. The lowest BCUT2D eigenvalue weighted by atomic mass is 10.1. The van der Waals surface area contributed by atoms with Gasteiger partial charge >= 0.3 is 0 Å². The van der Waals surface area contributed by atoms with Gasteiger partial charge in [-0.3, -0.25) is 4.79 Å². The van der Waals surface area contributed by atoms with E-state index in [0.29, 0.717) is 6.42 Å². The lowest BCUT2D eigenvalue weighted by molar-refractivity contribution is -0.120. The van der Waals surface area contributed by atoms with Crippen molar-refractivity contribution in [1.82, 2.24) is 0 Å². The first-order chi connectivity index (χ1) is 5.20. The molecule has 0 rings (SSSR count). The Morgan fingerprint density at radius 1 is 1.64 bits per heavy atom. The molecule has 0 aliphatic carbocycles. The Labute approximate surface area is 67.9 Å². The van der Waals surface area contributed by atoms with E-state index < -0.39 is 6.10 Å². The fourth-order valence-electron chi connectivity index (χ4n) is 0.904. The summed E-state index contributed by atoms with van der Waals surface area (Å²) in [4.78, 5) is 10.9. The average Bonchev–Trinajstić information content (AvgIpc) is 1.87. The third-order valence-corrected chi connectivity index (χ3v) is 1.38. The lowest BCUT2D eigenvalue weighted by Crippen LogP contribution is -2.09. The van der Waals surface area contributed by atoms with Gasteiger partial charge in [0.05, 0.1) is 6.10 Å². The van der Waals surface area contributed by atoms with Crippen LogP contribution in [-0.2, 0) is 4.79 Å². The molecule has 2 heteroatoms. The topological polar surface area (TPSA) is 37.3 Å². The van der Waals surface area contributed by atoms with E-state index in [-0.39, 0.29) is 12.2 Å². The van der Waals surface area contributed by atoms with Gasteiger partial charge in [0, 0.05) is 12.8 Å². The number of hydrogen-bond donors (Lipinski definition) is 1. The smallest absolute Gasteiger partial charge is 0.135 e. The van der Waals surface area contributed by atoms with Gasteiger partial charge in [-0.25, -0.2) is 0 Å². The summed E-state index contributed by atoms with van der Waals surface area (Å²) < 4.78 is 0. The van der Waals surface area contributed by atoms with Gasteiger partial charge in [-0.05, 0) is 13.3 Å². The van der Waals surface area contributed by atoms with Crippen LogP contribution in [0.2, 0.25) is 0 Å². The molecule has 11 heavy (non-hydrogen) atoms. The number of hydrogen-bond acceptors (Lipinski definition) is 2. The van der Waals surface area contributed by atoms with Crippen LogP contribution >= 0.6 is 0 Å². The number of aliphatic hydroxyl groups is 1. The van der Waals surface area contributed by atoms with Crippen LogP contribution in [0.4, 0.5) is 0 Å². The Morgan fingerprint density at radius 3 is 2.73 bits per heavy atom. The molecule has 1 unspecified atom stereocenters. The molecule has 0 radical (unpaired) electrons. The summed E-state index contributed by atoms with van der Waals surface area (Å²) >= 11 is 0. The number of carbonyl (C=O) groups is 1. The highest BCUT2D eigenvalue weighted by Crippen LogP contribution is 1.99. The molecule has 0 aromatic heterocycles. The molecule has 0 heterocycles. The third-order valence-electron chi connectivity index (χ3n) is 1.38. The molecule has 0 aliphatic heterocycles. The van der Waals surface area contributed by atoms with Gasteiger partial charge in [-0.15, -0.1) is 0 Å². The second-order valence-electron chi connectivity index (χ2n) is 2.59. The van der Waals surface area contributed by atoms with Gasteiger partial charge in [-0.1, -0.05) is 19.1 Å². The van der Waals surface area contributed by atoms with Gasteiger partial charge in [0.1, 0.15) is 5.78 Å². The highest BCUT2D eigenvalue weighted by Gasteiger charge is 2.05. The van der Waals surface area contributed by atoms with Crippen LogP contribution in [0.5, 0.6) is 0 Å². The van der Waals surface area contributed by atoms with Gasteiger partial charge in [0.2, 0.25) is 0 Å². The number of ketones is 1.